The predicted octanol–water partition coefficient (Wildman–Crippen LogP) is 4.94. The van der Waals surface area contributed by atoms with Crippen LogP contribution in [-0.4, -0.2) is 30.2 Å². The van der Waals surface area contributed by atoms with Crippen molar-refractivity contribution in [2.75, 3.05) is 13.6 Å². The van der Waals surface area contributed by atoms with Crippen LogP contribution in [0, 0.1) is 0 Å². The molecular formula is C17H28Cl4N2O2. The number of likely N-dealkylation sites (N-methyl/N-ethyl adjacent to an activating group) is 1. The van der Waals surface area contributed by atoms with Gasteiger partial charge < -0.3 is 15.7 Å². The van der Waals surface area contributed by atoms with Gasteiger partial charge in [0.15, 0.2) is 0 Å². The number of nitrogens with one attached hydrogen (secondary N) is 2. The number of carboxylic acid groups (broad SMARTS) is 1. The number of benzene rings is 1. The van der Waals surface area contributed by atoms with Crippen LogP contribution >= 0.6 is 48.0 Å². The van der Waals surface area contributed by atoms with E-state index in [1.807, 2.05) is 12.1 Å². The van der Waals surface area contributed by atoms with Crippen molar-refractivity contribution >= 4 is 54.0 Å². The molecule has 0 aromatic heterocycles. The van der Waals surface area contributed by atoms with Gasteiger partial charge in [0.1, 0.15) is 5.54 Å². The minimum atomic E-state index is -0.818. The van der Waals surface area contributed by atoms with Crippen molar-refractivity contribution in [1.29, 1.82) is 0 Å². The second-order valence-electron chi connectivity index (χ2n) is 5.77. The van der Waals surface area contributed by atoms with Gasteiger partial charge in [-0.15, -0.1) is 24.8 Å². The van der Waals surface area contributed by atoms with Gasteiger partial charge in [-0.3, -0.25) is 4.79 Å². The average Bonchev–Trinajstić information content (AvgIpc) is 2.53. The summed E-state index contributed by atoms with van der Waals surface area (Å²) in [4.78, 5) is 11.6. The van der Waals surface area contributed by atoms with Crippen molar-refractivity contribution in [3.63, 3.8) is 0 Å². The molecule has 1 aromatic rings. The second-order valence-corrected chi connectivity index (χ2v) is 6.58. The van der Waals surface area contributed by atoms with Crippen LogP contribution in [0.1, 0.15) is 44.6 Å². The van der Waals surface area contributed by atoms with Crippen LogP contribution in [0.3, 0.4) is 0 Å². The molecular weight excluding hydrogens is 406 g/mol. The fourth-order valence-corrected chi connectivity index (χ4v) is 2.89. The summed E-state index contributed by atoms with van der Waals surface area (Å²) < 4.78 is 0. The first-order valence-electron chi connectivity index (χ1n) is 8.02. The molecule has 0 aliphatic rings. The van der Waals surface area contributed by atoms with Gasteiger partial charge in [0.2, 0.25) is 0 Å². The fraction of sp³-hybridized carbons (Fsp3) is 0.588. The van der Waals surface area contributed by atoms with E-state index in [0.29, 0.717) is 29.4 Å². The minimum Gasteiger partial charge on any atom is -0.480 e. The SMILES string of the molecule is CCCCC(CCCNCc1ccc(Cl)c(Cl)c1)(NC)C(=O)O.Cl.Cl. The van der Waals surface area contributed by atoms with Crippen LogP contribution in [0.5, 0.6) is 0 Å². The zero-order valence-corrected chi connectivity index (χ0v) is 17.8. The van der Waals surface area contributed by atoms with E-state index in [0.717, 1.165) is 31.4 Å². The van der Waals surface area contributed by atoms with Crippen molar-refractivity contribution in [2.45, 2.75) is 51.1 Å². The molecule has 0 fully saturated rings. The summed E-state index contributed by atoms with van der Waals surface area (Å²) >= 11 is 11.9. The molecule has 3 N–H and O–H groups in total. The van der Waals surface area contributed by atoms with Crippen LogP contribution in [-0.2, 0) is 11.3 Å². The third kappa shape index (κ3) is 8.80. The fourth-order valence-electron chi connectivity index (χ4n) is 2.57. The second kappa shape index (κ2) is 13.9. The maximum Gasteiger partial charge on any atom is 0.323 e. The molecule has 146 valence electrons. The molecule has 0 saturated carbocycles. The van der Waals surface area contributed by atoms with Crippen molar-refractivity contribution in [3.8, 4) is 0 Å². The summed E-state index contributed by atoms with van der Waals surface area (Å²) in [6, 6.07) is 5.55. The lowest BCUT2D eigenvalue weighted by Gasteiger charge is -2.29. The molecule has 0 aliphatic heterocycles. The van der Waals surface area contributed by atoms with Crippen molar-refractivity contribution in [1.82, 2.24) is 10.6 Å². The lowest BCUT2D eigenvalue weighted by atomic mass is 9.88. The molecule has 25 heavy (non-hydrogen) atoms. The average molecular weight is 434 g/mol. The first-order chi connectivity index (χ1) is 10.9. The highest BCUT2D eigenvalue weighted by Gasteiger charge is 2.35. The monoisotopic (exact) mass is 432 g/mol. The van der Waals surface area contributed by atoms with Crippen LogP contribution in [0.15, 0.2) is 18.2 Å². The molecule has 0 radical (unpaired) electrons. The number of carbonyl (C=O) groups is 1. The number of rotatable bonds is 11. The van der Waals surface area contributed by atoms with E-state index < -0.39 is 11.5 Å². The largest absolute Gasteiger partial charge is 0.480 e. The highest BCUT2D eigenvalue weighted by Crippen LogP contribution is 2.23. The lowest BCUT2D eigenvalue weighted by molar-refractivity contribution is -0.145. The van der Waals surface area contributed by atoms with E-state index in [9.17, 15) is 9.90 Å². The Morgan fingerprint density at radius 1 is 1.16 bits per heavy atom. The van der Waals surface area contributed by atoms with Gasteiger partial charge in [0.05, 0.1) is 10.0 Å². The van der Waals surface area contributed by atoms with Crippen molar-refractivity contribution in [3.05, 3.63) is 33.8 Å². The summed E-state index contributed by atoms with van der Waals surface area (Å²) in [5.74, 6) is -0.766. The Labute approximate surface area is 172 Å². The molecule has 0 saturated heterocycles. The van der Waals surface area contributed by atoms with Gasteiger partial charge in [-0.2, -0.15) is 0 Å². The summed E-state index contributed by atoms with van der Waals surface area (Å²) in [7, 11) is 1.73. The molecule has 0 amide bonds. The molecule has 0 bridgehead atoms. The Balaban J connectivity index is 0. The van der Waals surface area contributed by atoms with Crippen molar-refractivity contribution in [2.24, 2.45) is 0 Å². The zero-order chi connectivity index (χ0) is 17.3. The Morgan fingerprint density at radius 3 is 2.32 bits per heavy atom. The van der Waals surface area contributed by atoms with Gasteiger partial charge >= 0.3 is 5.97 Å². The van der Waals surface area contributed by atoms with Crippen LogP contribution < -0.4 is 10.6 Å². The third-order valence-corrected chi connectivity index (χ3v) is 4.85. The molecule has 8 heteroatoms. The van der Waals surface area contributed by atoms with Gasteiger partial charge in [0.25, 0.3) is 0 Å². The predicted molar refractivity (Wildman–Crippen MR) is 111 cm³/mol. The molecule has 1 atom stereocenters. The van der Waals surface area contributed by atoms with Gasteiger partial charge in [-0.1, -0.05) is 49.0 Å². The quantitative estimate of drug-likeness (QED) is 0.432. The standard InChI is InChI=1S/C17H26Cl2N2O2.2ClH/c1-3-4-8-17(20-2,16(22)23)9-5-10-21-12-13-6-7-14(18)15(19)11-13;;/h6-7,11,20-21H,3-5,8-10,12H2,1-2H3,(H,22,23);2*1H. The van der Waals surface area contributed by atoms with Gasteiger partial charge in [-0.25, -0.2) is 0 Å². The number of unbranched alkanes of at least 4 members (excludes halogenated alkanes) is 1. The lowest BCUT2D eigenvalue weighted by Crippen LogP contribution is -2.50. The van der Waals surface area contributed by atoms with E-state index in [1.54, 1.807) is 13.1 Å². The van der Waals surface area contributed by atoms with E-state index in [-0.39, 0.29) is 24.8 Å². The Kier molecular flexibility index (Phi) is 15.0. The first-order valence-corrected chi connectivity index (χ1v) is 8.77. The highest BCUT2D eigenvalue weighted by atomic mass is 35.5. The van der Waals surface area contributed by atoms with Crippen LogP contribution in [0.4, 0.5) is 0 Å². The minimum absolute atomic E-state index is 0. The van der Waals surface area contributed by atoms with Gasteiger partial charge in [-0.05, 0) is 50.6 Å². The molecule has 1 rings (SSSR count). The number of halogens is 4. The van der Waals surface area contributed by atoms with E-state index in [2.05, 4.69) is 17.6 Å². The molecule has 1 aromatic carbocycles. The van der Waals surface area contributed by atoms with E-state index >= 15 is 0 Å². The molecule has 1 unspecified atom stereocenters. The summed E-state index contributed by atoms with van der Waals surface area (Å²) in [6.45, 7) is 3.51. The molecule has 4 nitrogen and oxygen atoms in total. The molecule has 0 spiro atoms. The van der Waals surface area contributed by atoms with Crippen LogP contribution in [0.25, 0.3) is 0 Å². The third-order valence-electron chi connectivity index (χ3n) is 4.12. The number of carboxylic acids is 1. The summed E-state index contributed by atoms with van der Waals surface area (Å²) in [6.07, 6.45) is 3.95. The number of hydrogen-bond acceptors (Lipinski definition) is 3. The summed E-state index contributed by atoms with van der Waals surface area (Å²) in [5.41, 5.74) is 0.241. The highest BCUT2D eigenvalue weighted by molar-refractivity contribution is 6.42. The van der Waals surface area contributed by atoms with Crippen molar-refractivity contribution < 1.29 is 9.90 Å². The van der Waals surface area contributed by atoms with E-state index in [4.69, 9.17) is 23.2 Å². The number of aliphatic carboxylic acids is 1. The summed E-state index contributed by atoms with van der Waals surface area (Å²) in [5, 5.41) is 17.0. The van der Waals surface area contributed by atoms with Gasteiger partial charge in [0, 0.05) is 6.54 Å². The molecule has 0 aliphatic carbocycles. The first kappa shape index (κ1) is 27.0. The normalized spacial score (nSPS) is 12.6. The molecule has 0 heterocycles. The topological polar surface area (TPSA) is 61.4 Å². The van der Waals surface area contributed by atoms with E-state index in [1.165, 1.54) is 0 Å². The smallest absolute Gasteiger partial charge is 0.323 e. The Morgan fingerprint density at radius 2 is 1.80 bits per heavy atom. The number of hydrogen-bond donors (Lipinski definition) is 3. The maximum atomic E-state index is 11.6. The zero-order valence-electron chi connectivity index (χ0n) is 14.6. The maximum absolute atomic E-state index is 11.6. The Hall–Kier alpha value is -0.230. The van der Waals surface area contributed by atoms with Crippen LogP contribution in [0.2, 0.25) is 10.0 Å². The Bertz CT molecular complexity index is 517.